The summed E-state index contributed by atoms with van der Waals surface area (Å²) in [6.07, 6.45) is 4.25. The standard InChI is InChI=1S/C15H21N3O3/c1-2-8-18-9-6-12(3-4-14(18)20)17-15(21)11-5-7-16-13(19)10-11/h5,7,10,12H,2-4,6,8-9H2,1H3,(H,16,19)(H,17,21). The van der Waals surface area contributed by atoms with Crippen LogP contribution in [0.2, 0.25) is 0 Å². The van der Waals surface area contributed by atoms with E-state index in [2.05, 4.69) is 10.3 Å². The minimum Gasteiger partial charge on any atom is -0.349 e. The van der Waals surface area contributed by atoms with E-state index in [-0.39, 0.29) is 23.4 Å². The fraction of sp³-hybridized carbons (Fsp3) is 0.533. The van der Waals surface area contributed by atoms with E-state index in [0.29, 0.717) is 24.9 Å². The number of pyridine rings is 1. The highest BCUT2D eigenvalue weighted by atomic mass is 16.2. The Morgan fingerprint density at radius 3 is 2.95 bits per heavy atom. The Labute approximate surface area is 123 Å². The van der Waals surface area contributed by atoms with Crippen LogP contribution in [-0.2, 0) is 4.79 Å². The maximum atomic E-state index is 12.1. The number of aromatic amines is 1. The maximum Gasteiger partial charge on any atom is 0.251 e. The molecule has 1 fully saturated rings. The fourth-order valence-electron chi connectivity index (χ4n) is 2.54. The van der Waals surface area contributed by atoms with Gasteiger partial charge in [0.15, 0.2) is 0 Å². The summed E-state index contributed by atoms with van der Waals surface area (Å²) in [6.45, 7) is 3.49. The molecule has 6 heteroatoms. The Morgan fingerprint density at radius 1 is 1.43 bits per heavy atom. The Bertz CT molecular complexity index is 567. The average molecular weight is 291 g/mol. The summed E-state index contributed by atoms with van der Waals surface area (Å²) in [5.41, 5.74) is 0.0487. The summed E-state index contributed by atoms with van der Waals surface area (Å²) >= 11 is 0. The van der Waals surface area contributed by atoms with Crippen LogP contribution in [0.5, 0.6) is 0 Å². The van der Waals surface area contributed by atoms with Crippen molar-refractivity contribution in [1.82, 2.24) is 15.2 Å². The number of carbonyl (C=O) groups excluding carboxylic acids is 2. The van der Waals surface area contributed by atoms with Gasteiger partial charge in [-0.15, -0.1) is 0 Å². The quantitative estimate of drug-likeness (QED) is 0.864. The molecular formula is C15H21N3O3. The van der Waals surface area contributed by atoms with Crippen molar-refractivity contribution < 1.29 is 9.59 Å². The zero-order chi connectivity index (χ0) is 15.2. The third kappa shape index (κ3) is 4.18. The van der Waals surface area contributed by atoms with Crippen molar-refractivity contribution >= 4 is 11.8 Å². The van der Waals surface area contributed by atoms with Crippen LogP contribution in [0.25, 0.3) is 0 Å². The molecule has 0 aliphatic carbocycles. The molecule has 0 spiro atoms. The Morgan fingerprint density at radius 2 is 2.24 bits per heavy atom. The predicted molar refractivity (Wildman–Crippen MR) is 79.0 cm³/mol. The maximum absolute atomic E-state index is 12.1. The number of hydrogen-bond acceptors (Lipinski definition) is 3. The summed E-state index contributed by atoms with van der Waals surface area (Å²) in [7, 11) is 0. The first kappa shape index (κ1) is 15.3. The monoisotopic (exact) mass is 291 g/mol. The van der Waals surface area contributed by atoms with E-state index in [1.165, 1.54) is 12.3 Å². The first-order valence-corrected chi connectivity index (χ1v) is 7.37. The molecule has 2 amide bonds. The van der Waals surface area contributed by atoms with Gasteiger partial charge in [0.25, 0.3) is 5.91 Å². The van der Waals surface area contributed by atoms with Gasteiger partial charge >= 0.3 is 0 Å². The van der Waals surface area contributed by atoms with Gasteiger partial charge in [-0.2, -0.15) is 0 Å². The van der Waals surface area contributed by atoms with E-state index >= 15 is 0 Å². The van der Waals surface area contributed by atoms with Gasteiger partial charge in [-0.3, -0.25) is 14.4 Å². The van der Waals surface area contributed by atoms with Crippen LogP contribution in [0.4, 0.5) is 0 Å². The zero-order valence-corrected chi connectivity index (χ0v) is 12.2. The van der Waals surface area contributed by atoms with E-state index in [1.54, 1.807) is 6.07 Å². The molecule has 0 bridgehead atoms. The van der Waals surface area contributed by atoms with E-state index in [4.69, 9.17) is 0 Å². The lowest BCUT2D eigenvalue weighted by Crippen LogP contribution is -2.36. The van der Waals surface area contributed by atoms with Gasteiger partial charge in [0, 0.05) is 43.4 Å². The molecule has 1 aromatic heterocycles. The van der Waals surface area contributed by atoms with Gasteiger partial charge in [0.2, 0.25) is 11.5 Å². The summed E-state index contributed by atoms with van der Waals surface area (Å²) in [5, 5.41) is 2.91. The second-order valence-electron chi connectivity index (χ2n) is 5.32. The van der Waals surface area contributed by atoms with Crippen molar-refractivity contribution in [3.63, 3.8) is 0 Å². The summed E-state index contributed by atoms with van der Waals surface area (Å²) in [6, 6.07) is 2.82. The van der Waals surface area contributed by atoms with E-state index in [0.717, 1.165) is 19.4 Å². The smallest absolute Gasteiger partial charge is 0.251 e. The molecular weight excluding hydrogens is 270 g/mol. The van der Waals surface area contributed by atoms with Crippen LogP contribution in [-0.4, -0.2) is 40.8 Å². The summed E-state index contributed by atoms with van der Waals surface area (Å²) in [4.78, 5) is 39.6. The fourth-order valence-corrected chi connectivity index (χ4v) is 2.54. The molecule has 6 nitrogen and oxygen atoms in total. The van der Waals surface area contributed by atoms with Crippen LogP contribution in [0.15, 0.2) is 23.1 Å². The number of carbonyl (C=O) groups is 2. The molecule has 1 atom stereocenters. The minimum absolute atomic E-state index is 0.0254. The number of nitrogens with one attached hydrogen (secondary N) is 2. The van der Waals surface area contributed by atoms with E-state index < -0.39 is 0 Å². The lowest BCUT2D eigenvalue weighted by Gasteiger charge is -2.20. The van der Waals surface area contributed by atoms with E-state index in [1.807, 2.05) is 11.8 Å². The zero-order valence-electron chi connectivity index (χ0n) is 12.2. The highest BCUT2D eigenvalue weighted by Crippen LogP contribution is 2.13. The molecule has 0 radical (unpaired) electrons. The average Bonchev–Trinajstić information content (AvgIpc) is 2.63. The molecule has 2 heterocycles. The number of H-pyrrole nitrogens is 1. The molecule has 1 unspecified atom stereocenters. The van der Waals surface area contributed by atoms with Gasteiger partial charge < -0.3 is 15.2 Å². The first-order valence-electron chi connectivity index (χ1n) is 7.37. The molecule has 1 aromatic rings. The number of rotatable bonds is 4. The van der Waals surface area contributed by atoms with Crippen molar-refractivity contribution in [2.75, 3.05) is 13.1 Å². The molecule has 1 saturated heterocycles. The largest absolute Gasteiger partial charge is 0.349 e. The van der Waals surface area contributed by atoms with Gasteiger partial charge in [-0.05, 0) is 25.3 Å². The Hall–Kier alpha value is -2.11. The van der Waals surface area contributed by atoms with Gasteiger partial charge in [-0.1, -0.05) is 6.92 Å². The highest BCUT2D eigenvalue weighted by Gasteiger charge is 2.23. The number of hydrogen-bond donors (Lipinski definition) is 2. The van der Waals surface area contributed by atoms with Gasteiger partial charge in [0.05, 0.1) is 0 Å². The molecule has 0 aromatic carbocycles. The molecule has 1 aliphatic heterocycles. The third-order valence-electron chi connectivity index (χ3n) is 3.67. The molecule has 114 valence electrons. The van der Waals surface area contributed by atoms with Gasteiger partial charge in [0.1, 0.15) is 0 Å². The number of amides is 2. The lowest BCUT2D eigenvalue weighted by molar-refractivity contribution is -0.130. The first-order chi connectivity index (χ1) is 10.1. The Balaban J connectivity index is 1.95. The Kier molecular flexibility index (Phi) is 5.14. The molecule has 0 saturated carbocycles. The van der Waals surface area contributed by atoms with Crippen molar-refractivity contribution in [2.45, 2.75) is 38.6 Å². The van der Waals surface area contributed by atoms with Crippen molar-refractivity contribution in [2.24, 2.45) is 0 Å². The molecule has 2 rings (SSSR count). The molecule has 21 heavy (non-hydrogen) atoms. The topological polar surface area (TPSA) is 82.3 Å². The number of likely N-dealkylation sites (tertiary alicyclic amines) is 1. The lowest BCUT2D eigenvalue weighted by atomic mass is 10.1. The summed E-state index contributed by atoms with van der Waals surface area (Å²) < 4.78 is 0. The summed E-state index contributed by atoms with van der Waals surface area (Å²) in [5.74, 6) is -0.104. The second-order valence-corrected chi connectivity index (χ2v) is 5.32. The molecule has 2 N–H and O–H groups in total. The SMILES string of the molecule is CCCN1CCC(NC(=O)c2cc[nH]c(=O)c2)CCC1=O. The third-order valence-corrected chi connectivity index (χ3v) is 3.67. The van der Waals surface area contributed by atoms with Crippen LogP contribution in [0.1, 0.15) is 43.0 Å². The van der Waals surface area contributed by atoms with Crippen LogP contribution in [0.3, 0.4) is 0 Å². The highest BCUT2D eigenvalue weighted by molar-refractivity contribution is 5.94. The number of aromatic nitrogens is 1. The predicted octanol–water partition coefficient (Wildman–Crippen LogP) is 0.896. The number of nitrogens with zero attached hydrogens (tertiary/aromatic N) is 1. The van der Waals surface area contributed by atoms with Crippen molar-refractivity contribution in [3.8, 4) is 0 Å². The van der Waals surface area contributed by atoms with Crippen molar-refractivity contribution in [3.05, 3.63) is 34.2 Å². The molecule has 1 aliphatic rings. The van der Waals surface area contributed by atoms with Crippen LogP contribution >= 0.6 is 0 Å². The van der Waals surface area contributed by atoms with Crippen LogP contribution in [0, 0.1) is 0 Å². The van der Waals surface area contributed by atoms with Gasteiger partial charge in [-0.25, -0.2) is 0 Å². The van der Waals surface area contributed by atoms with Crippen molar-refractivity contribution in [1.29, 1.82) is 0 Å². The normalized spacial score (nSPS) is 19.2. The minimum atomic E-state index is -0.298. The second kappa shape index (κ2) is 7.06. The van der Waals surface area contributed by atoms with Crippen LogP contribution < -0.4 is 10.9 Å². The van der Waals surface area contributed by atoms with E-state index in [9.17, 15) is 14.4 Å².